The summed E-state index contributed by atoms with van der Waals surface area (Å²) in [7, 11) is -2.85. The molecule has 4 saturated carbocycles. The monoisotopic (exact) mass is 708 g/mol. The quantitative estimate of drug-likeness (QED) is 0.246. The molecule has 0 bridgehead atoms. The number of carboxylic acids is 1. The van der Waals surface area contributed by atoms with Gasteiger partial charge in [-0.2, -0.15) is 0 Å². The van der Waals surface area contributed by atoms with Gasteiger partial charge in [0.15, 0.2) is 9.84 Å². The van der Waals surface area contributed by atoms with Crippen molar-refractivity contribution in [3.05, 3.63) is 35.5 Å². The van der Waals surface area contributed by atoms with Crippen LogP contribution >= 0.6 is 0 Å². The third-order valence-electron chi connectivity index (χ3n) is 17.3. The average molecular weight is 709 g/mol. The molecule has 6 nitrogen and oxygen atoms in total. The van der Waals surface area contributed by atoms with Gasteiger partial charge in [0, 0.05) is 38.1 Å². The molecule has 0 aromatic heterocycles. The molecular weight excluding hydrogens is 641 g/mol. The van der Waals surface area contributed by atoms with Gasteiger partial charge < -0.3 is 15.3 Å². The Morgan fingerprint density at radius 2 is 1.68 bits per heavy atom. The molecule has 7 rings (SSSR count). The number of allylic oxidation sites excluding steroid dienone is 5. The van der Waals surface area contributed by atoms with Crippen LogP contribution < -0.4 is 5.32 Å². The summed E-state index contributed by atoms with van der Waals surface area (Å²) in [6.07, 6.45) is 19.8. The average Bonchev–Trinajstić information content (AvgIpc) is 3.42. The van der Waals surface area contributed by atoms with Crippen molar-refractivity contribution in [3.63, 3.8) is 0 Å². The van der Waals surface area contributed by atoms with Crippen LogP contribution in [0.5, 0.6) is 0 Å². The molecule has 0 radical (unpaired) electrons. The van der Waals surface area contributed by atoms with E-state index in [4.69, 9.17) is 0 Å². The molecule has 10 atom stereocenters. The van der Waals surface area contributed by atoms with Crippen molar-refractivity contribution in [2.45, 2.75) is 131 Å². The number of hydrogen-bond donors (Lipinski definition) is 2. The Hall–Kier alpha value is -1.44. The van der Waals surface area contributed by atoms with Gasteiger partial charge in [-0.05, 0) is 152 Å². The van der Waals surface area contributed by atoms with Crippen molar-refractivity contribution in [2.24, 2.45) is 57.2 Å². The van der Waals surface area contributed by atoms with Gasteiger partial charge in [-0.3, -0.25) is 4.79 Å². The molecule has 2 N–H and O–H groups in total. The van der Waals surface area contributed by atoms with E-state index in [1.165, 1.54) is 68.9 Å². The van der Waals surface area contributed by atoms with Gasteiger partial charge in [0.05, 0.1) is 11.5 Å². The first-order valence-corrected chi connectivity index (χ1v) is 22.2. The largest absolute Gasteiger partial charge is 0.481 e. The Morgan fingerprint density at radius 1 is 0.940 bits per heavy atom. The summed E-state index contributed by atoms with van der Waals surface area (Å²) < 4.78 is 24.1. The van der Waals surface area contributed by atoms with Crippen LogP contribution in [0.3, 0.4) is 0 Å². The van der Waals surface area contributed by atoms with Gasteiger partial charge >= 0.3 is 5.97 Å². The molecule has 0 amide bonds. The van der Waals surface area contributed by atoms with Crippen LogP contribution in [-0.2, 0) is 14.6 Å². The van der Waals surface area contributed by atoms with Gasteiger partial charge in [0.1, 0.15) is 0 Å². The van der Waals surface area contributed by atoms with Crippen molar-refractivity contribution >= 4 is 15.8 Å². The fourth-order valence-corrected chi connectivity index (χ4v) is 15.9. The van der Waals surface area contributed by atoms with E-state index in [1.54, 1.807) is 5.57 Å². The minimum absolute atomic E-state index is 0.123. The van der Waals surface area contributed by atoms with E-state index in [0.717, 1.165) is 32.4 Å². The molecule has 1 saturated heterocycles. The maximum absolute atomic E-state index is 12.0. The highest BCUT2D eigenvalue weighted by Gasteiger charge is 2.70. The predicted octanol–water partition coefficient (Wildman–Crippen LogP) is 8.45. The summed E-state index contributed by atoms with van der Waals surface area (Å²) in [6, 6.07) is 0. The van der Waals surface area contributed by atoms with E-state index in [-0.39, 0.29) is 22.3 Å². The molecule has 0 spiro atoms. The zero-order valence-corrected chi connectivity index (χ0v) is 33.1. The predicted molar refractivity (Wildman–Crippen MR) is 204 cm³/mol. The third-order valence-corrected chi connectivity index (χ3v) is 18.9. The second-order valence-electron chi connectivity index (χ2n) is 19.8. The number of carbonyl (C=O) groups is 1. The summed E-state index contributed by atoms with van der Waals surface area (Å²) >= 11 is 0. The zero-order chi connectivity index (χ0) is 35.9. The number of hydrogen-bond acceptors (Lipinski definition) is 5. The molecule has 0 aromatic rings. The highest BCUT2D eigenvalue weighted by atomic mass is 32.2. The number of aliphatic carboxylic acids is 1. The maximum atomic E-state index is 12.0. The van der Waals surface area contributed by atoms with Crippen molar-refractivity contribution in [3.8, 4) is 0 Å². The minimum atomic E-state index is -2.85. The van der Waals surface area contributed by atoms with Gasteiger partial charge in [0.2, 0.25) is 0 Å². The summed E-state index contributed by atoms with van der Waals surface area (Å²) in [6.45, 7) is 23.4. The lowest BCUT2D eigenvalue weighted by Gasteiger charge is -2.72. The van der Waals surface area contributed by atoms with Crippen molar-refractivity contribution in [2.75, 3.05) is 37.7 Å². The first-order chi connectivity index (χ1) is 23.5. The summed E-state index contributed by atoms with van der Waals surface area (Å²) in [5.74, 6) is 3.51. The van der Waals surface area contributed by atoms with E-state index in [9.17, 15) is 18.3 Å². The number of rotatable bonds is 8. The first-order valence-electron chi connectivity index (χ1n) is 20.4. The van der Waals surface area contributed by atoms with E-state index < -0.39 is 15.8 Å². The maximum Gasteiger partial charge on any atom is 0.303 e. The molecular formula is C43H68N2O4S. The van der Waals surface area contributed by atoms with Crippen LogP contribution in [0.15, 0.2) is 35.5 Å². The van der Waals surface area contributed by atoms with Crippen LogP contribution in [-0.4, -0.2) is 67.6 Å². The Balaban J connectivity index is 1.12. The van der Waals surface area contributed by atoms with Crippen LogP contribution in [0.4, 0.5) is 0 Å². The lowest BCUT2D eigenvalue weighted by Crippen LogP contribution is -2.68. The van der Waals surface area contributed by atoms with Gasteiger partial charge in [-0.15, -0.1) is 0 Å². The molecule has 50 heavy (non-hydrogen) atoms. The molecule has 7 aliphatic rings. The summed E-state index contributed by atoms with van der Waals surface area (Å²) in [5.41, 5.74) is 5.66. The smallest absolute Gasteiger partial charge is 0.303 e. The molecule has 6 aliphatic carbocycles. The molecule has 7 heteroatoms. The number of fused-ring (bicyclic) bond motifs is 7. The number of carboxylic acid groups (broad SMARTS) is 1. The second kappa shape index (κ2) is 12.9. The normalized spacial score (nSPS) is 45.2. The SMILES string of the molecule is C=C(C)C1CCC2(NCCN3CCS(=O)(=O)CC3)CCC3(C)C(CCC4C5(C)CC=C(C6=CCC(CC(=O)O)CC6)C(C)(C)C5CCC43C)C12. The molecule has 0 aromatic carbocycles. The summed E-state index contributed by atoms with van der Waals surface area (Å²) in [5, 5.41) is 13.6. The number of nitrogens with zero attached hydrogens (tertiary/aromatic N) is 1. The Bertz CT molecular complexity index is 1530. The second-order valence-corrected chi connectivity index (χ2v) is 22.1. The molecule has 1 heterocycles. The highest BCUT2D eigenvalue weighted by Crippen LogP contribution is 2.76. The number of nitrogens with one attached hydrogen (secondary N) is 1. The minimum Gasteiger partial charge on any atom is -0.481 e. The van der Waals surface area contributed by atoms with E-state index in [1.807, 2.05) is 0 Å². The van der Waals surface area contributed by atoms with Crippen molar-refractivity contribution in [1.29, 1.82) is 0 Å². The zero-order valence-electron chi connectivity index (χ0n) is 32.3. The van der Waals surface area contributed by atoms with Crippen LogP contribution in [0, 0.1) is 57.2 Å². The molecule has 1 aliphatic heterocycles. The van der Waals surface area contributed by atoms with Crippen LogP contribution in [0.1, 0.15) is 125 Å². The highest BCUT2D eigenvalue weighted by molar-refractivity contribution is 7.91. The third kappa shape index (κ3) is 5.85. The lowest BCUT2D eigenvalue weighted by atomic mass is 9.33. The molecule has 280 valence electrons. The first kappa shape index (κ1) is 36.9. The van der Waals surface area contributed by atoms with E-state index >= 15 is 0 Å². The Labute approximate surface area is 304 Å². The van der Waals surface area contributed by atoms with Gasteiger partial charge in [-0.1, -0.05) is 58.9 Å². The van der Waals surface area contributed by atoms with E-state index in [0.29, 0.717) is 71.4 Å². The Kier molecular flexibility index (Phi) is 9.49. The molecule has 10 unspecified atom stereocenters. The van der Waals surface area contributed by atoms with E-state index in [2.05, 4.69) is 70.5 Å². The van der Waals surface area contributed by atoms with Crippen molar-refractivity contribution in [1.82, 2.24) is 10.2 Å². The Morgan fingerprint density at radius 3 is 2.34 bits per heavy atom. The van der Waals surface area contributed by atoms with Crippen molar-refractivity contribution < 1.29 is 18.3 Å². The fourth-order valence-electron chi connectivity index (χ4n) is 14.6. The van der Waals surface area contributed by atoms with Gasteiger partial charge in [-0.25, -0.2) is 8.42 Å². The van der Waals surface area contributed by atoms with Gasteiger partial charge in [0.25, 0.3) is 0 Å². The standard InChI is InChI=1S/C43H68N2O4S/c1-29(2)32-14-19-43(44-22-23-45-24-26-50(48,49)27-25-45)21-20-41(6)34(38(32)43)12-13-36-40(5)17-15-33(31-10-8-30(9-11-31)28-37(46)47)39(3,4)35(40)16-18-42(36,41)7/h10,15,30,32,34-36,38,44H,1,8-9,11-14,16-28H2,2-7H3,(H,46,47). The van der Waals surface area contributed by atoms with Crippen LogP contribution in [0.2, 0.25) is 0 Å². The lowest BCUT2D eigenvalue weighted by molar-refractivity contribution is -0.221. The summed E-state index contributed by atoms with van der Waals surface area (Å²) in [4.78, 5) is 13.7. The number of sulfone groups is 1. The fraction of sp³-hybridized carbons (Fsp3) is 0.837. The molecule has 5 fully saturated rings. The topological polar surface area (TPSA) is 86.7 Å². The van der Waals surface area contributed by atoms with Crippen LogP contribution in [0.25, 0.3) is 0 Å².